The van der Waals surface area contributed by atoms with E-state index >= 15 is 0 Å². The van der Waals surface area contributed by atoms with E-state index in [0.29, 0.717) is 0 Å². The number of benzene rings is 1. The molecular formula is C18H22F2N4O. The van der Waals surface area contributed by atoms with E-state index in [1.165, 1.54) is 12.1 Å². The Bertz CT molecular complexity index is 718. The Balaban J connectivity index is 1.62. The second kappa shape index (κ2) is 7.63. The molecule has 5 nitrogen and oxygen atoms in total. The van der Waals surface area contributed by atoms with Crippen molar-refractivity contribution < 1.29 is 13.5 Å². The Morgan fingerprint density at radius 1 is 1.16 bits per heavy atom. The van der Waals surface area contributed by atoms with Crippen molar-refractivity contribution in [3.63, 3.8) is 0 Å². The molecule has 0 radical (unpaired) electrons. The van der Waals surface area contributed by atoms with E-state index in [0.717, 1.165) is 43.6 Å². The first-order chi connectivity index (χ1) is 12.0. The maximum absolute atomic E-state index is 13.7. The summed E-state index contributed by atoms with van der Waals surface area (Å²) < 4.78 is 32.4. The highest BCUT2D eigenvalue weighted by Gasteiger charge is 2.24. The lowest BCUT2D eigenvalue weighted by Crippen LogP contribution is -2.39. The lowest BCUT2D eigenvalue weighted by Gasteiger charge is -2.33. The number of anilines is 2. The number of ether oxygens (including phenoxy) is 1. The van der Waals surface area contributed by atoms with E-state index in [2.05, 4.69) is 34.0 Å². The molecule has 0 saturated carbocycles. The summed E-state index contributed by atoms with van der Waals surface area (Å²) >= 11 is 0. The van der Waals surface area contributed by atoms with Gasteiger partial charge in [0.05, 0.1) is 0 Å². The van der Waals surface area contributed by atoms with Crippen molar-refractivity contribution in [1.29, 1.82) is 0 Å². The van der Waals surface area contributed by atoms with Gasteiger partial charge in [0.1, 0.15) is 11.9 Å². The van der Waals surface area contributed by atoms with Crippen LogP contribution in [0.2, 0.25) is 0 Å². The van der Waals surface area contributed by atoms with Crippen molar-refractivity contribution in [2.24, 2.45) is 0 Å². The number of rotatable bonds is 5. The van der Waals surface area contributed by atoms with Crippen LogP contribution in [0, 0.1) is 11.6 Å². The van der Waals surface area contributed by atoms with Gasteiger partial charge in [0.2, 0.25) is 0 Å². The maximum atomic E-state index is 13.7. The van der Waals surface area contributed by atoms with Crippen LogP contribution in [0.4, 0.5) is 20.4 Å². The molecule has 0 aliphatic carbocycles. The monoisotopic (exact) mass is 348 g/mol. The Labute approximate surface area is 146 Å². The molecule has 1 aliphatic rings. The van der Waals surface area contributed by atoms with E-state index in [-0.39, 0.29) is 17.9 Å². The molecule has 1 fully saturated rings. The highest BCUT2D eigenvalue weighted by Crippen LogP contribution is 2.27. The highest BCUT2D eigenvalue weighted by molar-refractivity contribution is 5.61. The Morgan fingerprint density at radius 3 is 2.56 bits per heavy atom. The summed E-state index contributed by atoms with van der Waals surface area (Å²) in [4.78, 5) is 11.0. The standard InChI is InChI=1S/C18H22F2N4O/c1-12(2)23-17-18(22-8-7-21-17)24-9-5-14(6-10-24)25-16-4-3-13(19)11-15(16)20/h3-4,7-8,11-12,14H,5-6,9-10H2,1-2H3,(H,21,23). The van der Waals surface area contributed by atoms with Gasteiger partial charge in [-0.05, 0) is 26.0 Å². The lowest BCUT2D eigenvalue weighted by atomic mass is 10.1. The smallest absolute Gasteiger partial charge is 0.171 e. The van der Waals surface area contributed by atoms with Gasteiger partial charge in [0.15, 0.2) is 23.2 Å². The quantitative estimate of drug-likeness (QED) is 0.894. The molecule has 1 aromatic carbocycles. The molecule has 2 heterocycles. The summed E-state index contributed by atoms with van der Waals surface area (Å²) in [6, 6.07) is 3.65. The molecule has 0 unspecified atom stereocenters. The van der Waals surface area contributed by atoms with Crippen LogP contribution in [-0.2, 0) is 0 Å². The first kappa shape index (κ1) is 17.4. The van der Waals surface area contributed by atoms with Crippen molar-refractivity contribution in [3.05, 3.63) is 42.2 Å². The fourth-order valence-corrected chi connectivity index (χ4v) is 2.87. The van der Waals surface area contributed by atoms with Gasteiger partial charge < -0.3 is 15.0 Å². The van der Waals surface area contributed by atoms with Crippen molar-refractivity contribution in [3.8, 4) is 5.75 Å². The van der Waals surface area contributed by atoms with Gasteiger partial charge in [-0.25, -0.2) is 18.7 Å². The molecule has 1 aliphatic heterocycles. The normalized spacial score (nSPS) is 15.5. The van der Waals surface area contributed by atoms with Crippen molar-refractivity contribution in [2.45, 2.75) is 38.8 Å². The maximum Gasteiger partial charge on any atom is 0.171 e. The number of piperidine rings is 1. The van der Waals surface area contributed by atoms with Gasteiger partial charge in [-0.15, -0.1) is 0 Å². The van der Waals surface area contributed by atoms with Gasteiger partial charge >= 0.3 is 0 Å². The van der Waals surface area contributed by atoms with Crippen LogP contribution in [0.15, 0.2) is 30.6 Å². The highest BCUT2D eigenvalue weighted by atomic mass is 19.1. The number of aromatic nitrogens is 2. The Kier molecular flexibility index (Phi) is 5.31. The van der Waals surface area contributed by atoms with Crippen LogP contribution in [-0.4, -0.2) is 35.2 Å². The van der Waals surface area contributed by atoms with Gasteiger partial charge in [0, 0.05) is 50.4 Å². The van der Waals surface area contributed by atoms with Crippen LogP contribution in [0.25, 0.3) is 0 Å². The van der Waals surface area contributed by atoms with Gasteiger partial charge in [-0.1, -0.05) is 0 Å². The largest absolute Gasteiger partial charge is 0.487 e. The van der Waals surface area contributed by atoms with E-state index in [1.807, 2.05) is 0 Å². The van der Waals surface area contributed by atoms with Crippen LogP contribution in [0.3, 0.4) is 0 Å². The van der Waals surface area contributed by atoms with Crippen LogP contribution in [0.5, 0.6) is 5.75 Å². The second-order valence-corrected chi connectivity index (χ2v) is 6.41. The molecule has 0 bridgehead atoms. The fourth-order valence-electron chi connectivity index (χ4n) is 2.87. The third kappa shape index (κ3) is 4.35. The lowest BCUT2D eigenvalue weighted by molar-refractivity contribution is 0.163. The summed E-state index contributed by atoms with van der Waals surface area (Å²) in [7, 11) is 0. The number of hydrogen-bond donors (Lipinski definition) is 1. The average Bonchev–Trinajstić information content (AvgIpc) is 2.58. The van der Waals surface area contributed by atoms with Gasteiger partial charge in [-0.3, -0.25) is 0 Å². The van der Waals surface area contributed by atoms with E-state index < -0.39 is 11.6 Å². The zero-order valence-corrected chi connectivity index (χ0v) is 14.4. The average molecular weight is 348 g/mol. The van der Waals surface area contributed by atoms with E-state index in [9.17, 15) is 8.78 Å². The summed E-state index contributed by atoms with van der Waals surface area (Å²) in [6.07, 6.45) is 4.70. The minimum Gasteiger partial charge on any atom is -0.487 e. The van der Waals surface area contributed by atoms with Crippen molar-refractivity contribution in [2.75, 3.05) is 23.3 Å². The topological polar surface area (TPSA) is 50.3 Å². The molecule has 7 heteroatoms. The molecule has 0 amide bonds. The molecule has 0 atom stereocenters. The second-order valence-electron chi connectivity index (χ2n) is 6.41. The predicted octanol–water partition coefficient (Wildman–Crippen LogP) is 3.62. The molecule has 25 heavy (non-hydrogen) atoms. The number of nitrogens with one attached hydrogen (secondary N) is 1. The minimum absolute atomic E-state index is 0.0986. The minimum atomic E-state index is -0.667. The molecule has 2 aromatic rings. The zero-order valence-electron chi connectivity index (χ0n) is 14.4. The molecular weight excluding hydrogens is 326 g/mol. The third-order valence-electron chi connectivity index (χ3n) is 4.03. The summed E-state index contributed by atoms with van der Waals surface area (Å²) in [5, 5.41) is 3.30. The van der Waals surface area contributed by atoms with Crippen LogP contribution in [0.1, 0.15) is 26.7 Å². The van der Waals surface area contributed by atoms with Crippen molar-refractivity contribution >= 4 is 11.6 Å². The van der Waals surface area contributed by atoms with E-state index in [1.54, 1.807) is 12.4 Å². The summed E-state index contributed by atoms with van der Waals surface area (Å²) in [6.45, 7) is 5.57. The first-order valence-electron chi connectivity index (χ1n) is 8.47. The van der Waals surface area contributed by atoms with Crippen LogP contribution < -0.4 is 15.0 Å². The summed E-state index contributed by atoms with van der Waals surface area (Å²) in [5.41, 5.74) is 0. The number of nitrogens with zero attached hydrogens (tertiary/aromatic N) is 3. The predicted molar refractivity (Wildman–Crippen MR) is 93.0 cm³/mol. The molecule has 3 rings (SSSR count). The Hall–Kier alpha value is -2.44. The molecule has 134 valence electrons. The van der Waals surface area contributed by atoms with Crippen LogP contribution >= 0.6 is 0 Å². The first-order valence-corrected chi connectivity index (χ1v) is 8.47. The summed E-state index contributed by atoms with van der Waals surface area (Å²) in [5.74, 6) is 0.415. The number of halogens is 2. The van der Waals surface area contributed by atoms with Crippen molar-refractivity contribution in [1.82, 2.24) is 9.97 Å². The van der Waals surface area contributed by atoms with Gasteiger partial charge in [-0.2, -0.15) is 0 Å². The Morgan fingerprint density at radius 2 is 1.88 bits per heavy atom. The van der Waals surface area contributed by atoms with E-state index in [4.69, 9.17) is 4.74 Å². The number of hydrogen-bond acceptors (Lipinski definition) is 5. The molecule has 0 spiro atoms. The fraction of sp³-hybridized carbons (Fsp3) is 0.444. The molecule has 1 N–H and O–H groups in total. The van der Waals surface area contributed by atoms with Gasteiger partial charge in [0.25, 0.3) is 0 Å². The zero-order chi connectivity index (χ0) is 17.8. The molecule has 1 aromatic heterocycles. The molecule has 1 saturated heterocycles. The third-order valence-corrected chi connectivity index (χ3v) is 4.03. The SMILES string of the molecule is CC(C)Nc1nccnc1N1CCC(Oc2ccc(F)cc2F)CC1.